The fraction of sp³-hybridized carbons (Fsp3) is 0.611. The monoisotopic (exact) mass is 698 g/mol. The minimum Gasteiger partial charge on any atom is -0.494 e. The van der Waals surface area contributed by atoms with E-state index in [2.05, 4.69) is 21.0 Å². The lowest BCUT2D eigenvalue weighted by molar-refractivity contribution is -0.156. The van der Waals surface area contributed by atoms with E-state index < -0.39 is 53.4 Å². The molecule has 2 unspecified atom stereocenters. The van der Waals surface area contributed by atoms with Crippen molar-refractivity contribution in [3.8, 4) is 5.75 Å². The molecule has 14 nitrogen and oxygen atoms in total. The number of carbonyl (C=O) groups excluding carboxylic acids is 5. The molecule has 1 aromatic heterocycles. The summed E-state index contributed by atoms with van der Waals surface area (Å²) in [6.07, 6.45) is 5.06. The highest BCUT2D eigenvalue weighted by atomic mass is 16.6. The summed E-state index contributed by atoms with van der Waals surface area (Å²) in [5, 5.41) is 12.2. The zero-order valence-electron chi connectivity index (χ0n) is 30.9. The van der Waals surface area contributed by atoms with E-state index in [1.54, 1.807) is 38.9 Å². The molecule has 0 bridgehead atoms. The fourth-order valence-electron chi connectivity index (χ4n) is 5.49. The van der Waals surface area contributed by atoms with Crippen LogP contribution < -0.4 is 20.7 Å². The number of esters is 1. The Labute approximate surface area is 295 Å². The molecule has 1 aromatic carbocycles. The van der Waals surface area contributed by atoms with E-state index >= 15 is 0 Å². The van der Waals surface area contributed by atoms with Crippen LogP contribution in [-0.2, 0) is 42.2 Å². The minimum atomic E-state index is -1.26. The summed E-state index contributed by atoms with van der Waals surface area (Å²) in [6, 6.07) is 3.23. The van der Waals surface area contributed by atoms with Gasteiger partial charge in [0, 0.05) is 45.4 Å². The molecule has 0 radical (unpaired) electrons. The van der Waals surface area contributed by atoms with Crippen LogP contribution in [0.5, 0.6) is 5.75 Å². The Morgan fingerprint density at radius 3 is 2.32 bits per heavy atom. The molecular formula is C36H54N6O8. The Morgan fingerprint density at radius 2 is 1.70 bits per heavy atom. The first kappa shape index (κ1) is 39.8. The second-order valence-corrected chi connectivity index (χ2v) is 14.8. The van der Waals surface area contributed by atoms with Crippen LogP contribution in [0, 0.1) is 12.8 Å². The van der Waals surface area contributed by atoms with Crippen molar-refractivity contribution in [2.75, 3.05) is 19.7 Å². The van der Waals surface area contributed by atoms with Gasteiger partial charge in [-0.15, -0.1) is 0 Å². The van der Waals surface area contributed by atoms with Crippen LogP contribution in [0.15, 0.2) is 30.6 Å². The molecule has 3 atom stereocenters. The van der Waals surface area contributed by atoms with Crippen LogP contribution in [0.2, 0.25) is 0 Å². The second-order valence-electron chi connectivity index (χ2n) is 14.8. The quantitative estimate of drug-likeness (QED) is 0.263. The molecule has 4 amide bonds. The number of likely N-dealkylation sites (tertiary alicyclic amines) is 1. The summed E-state index contributed by atoms with van der Waals surface area (Å²) < 4.78 is 18.5. The summed E-state index contributed by atoms with van der Waals surface area (Å²) >= 11 is 0. The molecule has 1 fully saturated rings. The number of hydrogen-bond acceptors (Lipinski definition) is 9. The average Bonchev–Trinajstić information content (AvgIpc) is 3.43. The van der Waals surface area contributed by atoms with Crippen LogP contribution in [0.3, 0.4) is 0 Å². The lowest BCUT2D eigenvalue weighted by atomic mass is 9.95. The third kappa shape index (κ3) is 13.4. The summed E-state index contributed by atoms with van der Waals surface area (Å²) in [6.45, 7) is 15.8. The number of aryl methyl sites for hydroxylation is 2. The van der Waals surface area contributed by atoms with Gasteiger partial charge in [0.25, 0.3) is 0 Å². The van der Waals surface area contributed by atoms with Crippen molar-refractivity contribution in [1.29, 1.82) is 0 Å². The van der Waals surface area contributed by atoms with Crippen LogP contribution >= 0.6 is 0 Å². The Kier molecular flexibility index (Phi) is 13.8. The van der Waals surface area contributed by atoms with E-state index in [-0.39, 0.29) is 12.6 Å². The number of nitrogens with zero attached hydrogens (tertiary/aromatic N) is 3. The maximum Gasteiger partial charge on any atom is 0.410 e. The highest BCUT2D eigenvalue weighted by Crippen LogP contribution is 2.24. The highest BCUT2D eigenvalue weighted by molar-refractivity contribution is 5.94. The maximum absolute atomic E-state index is 13.6. The van der Waals surface area contributed by atoms with Crippen molar-refractivity contribution in [3.63, 3.8) is 0 Å². The Bertz CT molecular complexity index is 1510. The van der Waals surface area contributed by atoms with Gasteiger partial charge < -0.3 is 35.1 Å². The largest absolute Gasteiger partial charge is 0.494 e. The SMILES string of the molecule is CC(=O)N[C@@H](CC(=O)OC(C)(C)C)C(=O)NC(C(=O)NCc1cc(OCCC2CCCN(C(=O)OC(C)(C)C)C2)ccc1C)c1cnn(C)c1. The normalized spacial score (nSPS) is 16.1. The maximum atomic E-state index is 13.6. The molecule has 1 aliphatic heterocycles. The number of aromatic nitrogens is 2. The van der Waals surface area contributed by atoms with Gasteiger partial charge in [-0.05, 0) is 96.9 Å². The van der Waals surface area contributed by atoms with Gasteiger partial charge in [0.2, 0.25) is 17.7 Å². The number of ether oxygens (including phenoxy) is 3. The van der Waals surface area contributed by atoms with Crippen molar-refractivity contribution in [1.82, 2.24) is 30.6 Å². The van der Waals surface area contributed by atoms with Crippen LogP contribution in [0.25, 0.3) is 0 Å². The highest BCUT2D eigenvalue weighted by Gasteiger charge is 2.31. The Balaban J connectivity index is 1.63. The number of benzene rings is 1. The number of piperidine rings is 1. The standard InChI is InChI=1S/C36H54N6O8/c1-23-12-13-28(48-16-14-25-11-10-15-42(21-25)34(47)50-36(6,7)8)17-26(23)19-37-33(46)31(27-20-38-41(9)22-27)40-32(45)29(39-24(2)43)18-30(44)49-35(3,4)5/h12-13,17,20,22,25,29,31H,10-11,14-16,18-19,21H2,1-9H3,(H,37,46)(H,39,43)(H,40,45)/t25?,29-,31?/m0/s1. The van der Waals surface area contributed by atoms with E-state index in [9.17, 15) is 24.0 Å². The molecule has 0 saturated carbocycles. The first-order chi connectivity index (χ1) is 23.3. The smallest absolute Gasteiger partial charge is 0.410 e. The van der Waals surface area contributed by atoms with Crippen molar-refractivity contribution in [3.05, 3.63) is 47.3 Å². The molecule has 2 heterocycles. The number of amides is 4. The van der Waals surface area contributed by atoms with Gasteiger partial charge in [0.15, 0.2) is 0 Å². The predicted octanol–water partition coefficient (Wildman–Crippen LogP) is 3.85. The van der Waals surface area contributed by atoms with E-state index in [1.807, 2.05) is 45.9 Å². The lowest BCUT2D eigenvalue weighted by Gasteiger charge is -2.34. The van der Waals surface area contributed by atoms with Gasteiger partial charge in [-0.25, -0.2) is 4.79 Å². The van der Waals surface area contributed by atoms with Gasteiger partial charge in [-0.2, -0.15) is 5.10 Å². The van der Waals surface area contributed by atoms with Gasteiger partial charge in [-0.1, -0.05) is 6.07 Å². The van der Waals surface area contributed by atoms with Gasteiger partial charge in [0.1, 0.15) is 29.0 Å². The Hall–Kier alpha value is -4.62. The second kappa shape index (κ2) is 17.3. The van der Waals surface area contributed by atoms with Gasteiger partial charge >= 0.3 is 12.1 Å². The molecule has 0 spiro atoms. The third-order valence-corrected chi connectivity index (χ3v) is 7.83. The molecule has 3 rings (SSSR count). The van der Waals surface area contributed by atoms with Crippen molar-refractivity contribution in [2.24, 2.45) is 13.0 Å². The molecule has 50 heavy (non-hydrogen) atoms. The summed E-state index contributed by atoms with van der Waals surface area (Å²) in [4.78, 5) is 65.7. The van der Waals surface area contributed by atoms with E-state index in [4.69, 9.17) is 14.2 Å². The molecule has 14 heteroatoms. The van der Waals surface area contributed by atoms with Crippen molar-refractivity contribution < 1.29 is 38.2 Å². The molecule has 2 aromatic rings. The van der Waals surface area contributed by atoms with Gasteiger partial charge in [0.05, 0.1) is 19.2 Å². The number of hydrogen-bond donors (Lipinski definition) is 3. The molecule has 3 N–H and O–H groups in total. The fourth-order valence-corrected chi connectivity index (χ4v) is 5.49. The number of carbonyl (C=O) groups is 5. The van der Waals surface area contributed by atoms with Crippen LogP contribution in [-0.4, -0.2) is 81.4 Å². The average molecular weight is 699 g/mol. The van der Waals surface area contributed by atoms with Gasteiger partial charge in [-0.3, -0.25) is 23.9 Å². The topological polar surface area (TPSA) is 170 Å². The van der Waals surface area contributed by atoms with E-state index in [0.717, 1.165) is 30.4 Å². The summed E-state index contributed by atoms with van der Waals surface area (Å²) in [5.41, 5.74) is 0.848. The first-order valence-corrected chi connectivity index (χ1v) is 17.1. The molecule has 276 valence electrons. The number of nitrogens with one attached hydrogen (secondary N) is 3. The number of rotatable bonds is 13. The lowest BCUT2D eigenvalue weighted by Crippen LogP contribution is -2.51. The van der Waals surface area contributed by atoms with E-state index in [0.29, 0.717) is 36.9 Å². The summed E-state index contributed by atoms with van der Waals surface area (Å²) in [7, 11) is 1.68. The van der Waals surface area contributed by atoms with Crippen molar-refractivity contribution >= 4 is 29.8 Å². The van der Waals surface area contributed by atoms with Crippen LogP contribution in [0.4, 0.5) is 4.79 Å². The summed E-state index contributed by atoms with van der Waals surface area (Å²) in [5.74, 6) is -1.48. The first-order valence-electron chi connectivity index (χ1n) is 17.1. The van der Waals surface area contributed by atoms with Crippen molar-refractivity contribution in [2.45, 2.75) is 111 Å². The molecule has 1 aliphatic rings. The predicted molar refractivity (Wildman–Crippen MR) is 186 cm³/mol. The molecule has 0 aliphatic carbocycles. The zero-order chi connectivity index (χ0) is 37.2. The zero-order valence-corrected chi connectivity index (χ0v) is 30.9. The third-order valence-electron chi connectivity index (χ3n) is 7.83. The van der Waals surface area contributed by atoms with E-state index in [1.165, 1.54) is 17.8 Å². The molecule has 1 saturated heterocycles. The van der Waals surface area contributed by atoms with Crippen LogP contribution in [0.1, 0.15) is 96.9 Å². The minimum absolute atomic E-state index is 0.148. The molecular weight excluding hydrogens is 644 g/mol. The Morgan fingerprint density at radius 1 is 1.00 bits per heavy atom.